The molecule has 5 heteroatoms. The molecule has 4 N–H and O–H groups in total. The Kier molecular flexibility index (Phi) is 5.36. The van der Waals surface area contributed by atoms with Crippen molar-refractivity contribution in [3.05, 3.63) is 53.6 Å². The SMILES string of the molecule is C=CCC(O)CC(c1ccc(OC)cc1)c1csc(N)[nH+]1. The summed E-state index contributed by atoms with van der Waals surface area (Å²) in [4.78, 5) is 3.18. The van der Waals surface area contributed by atoms with Crippen molar-refractivity contribution in [3.63, 3.8) is 0 Å². The first kappa shape index (κ1) is 15.5. The van der Waals surface area contributed by atoms with Crippen LogP contribution in [0, 0.1) is 0 Å². The summed E-state index contributed by atoms with van der Waals surface area (Å²) in [6.45, 7) is 3.68. The van der Waals surface area contributed by atoms with Gasteiger partial charge in [-0.2, -0.15) is 0 Å². The molecule has 0 saturated carbocycles. The molecule has 1 heterocycles. The average molecular weight is 305 g/mol. The Morgan fingerprint density at radius 3 is 2.67 bits per heavy atom. The minimum Gasteiger partial charge on any atom is -0.497 e. The Morgan fingerprint density at radius 2 is 2.14 bits per heavy atom. The number of nitrogen functional groups attached to an aromatic ring is 1. The zero-order valence-corrected chi connectivity index (χ0v) is 12.9. The summed E-state index contributed by atoms with van der Waals surface area (Å²) in [5.41, 5.74) is 7.93. The summed E-state index contributed by atoms with van der Waals surface area (Å²) >= 11 is 1.47. The molecular formula is C16H21N2O2S+. The van der Waals surface area contributed by atoms with Gasteiger partial charge in [0, 0.05) is 11.3 Å². The molecule has 2 unspecified atom stereocenters. The van der Waals surface area contributed by atoms with E-state index in [9.17, 15) is 5.11 Å². The fourth-order valence-corrected chi connectivity index (χ4v) is 2.99. The summed E-state index contributed by atoms with van der Waals surface area (Å²) < 4.78 is 5.19. The summed E-state index contributed by atoms with van der Waals surface area (Å²) in [7, 11) is 1.65. The Labute approximate surface area is 128 Å². The van der Waals surface area contributed by atoms with Gasteiger partial charge < -0.3 is 9.84 Å². The second kappa shape index (κ2) is 7.24. The van der Waals surface area contributed by atoms with Gasteiger partial charge in [-0.1, -0.05) is 29.5 Å². The highest BCUT2D eigenvalue weighted by molar-refractivity contribution is 7.13. The highest BCUT2D eigenvalue weighted by Gasteiger charge is 2.22. The highest BCUT2D eigenvalue weighted by Crippen LogP contribution is 2.30. The number of rotatable bonds is 7. The van der Waals surface area contributed by atoms with Crippen LogP contribution in [-0.2, 0) is 0 Å². The van der Waals surface area contributed by atoms with Crippen molar-refractivity contribution in [1.82, 2.24) is 0 Å². The van der Waals surface area contributed by atoms with E-state index in [1.807, 2.05) is 29.6 Å². The van der Waals surface area contributed by atoms with E-state index in [1.54, 1.807) is 13.2 Å². The lowest BCUT2D eigenvalue weighted by atomic mass is 9.90. The number of hydrogen-bond acceptors (Lipinski definition) is 4. The van der Waals surface area contributed by atoms with Gasteiger partial charge in [0.15, 0.2) is 0 Å². The molecule has 0 spiro atoms. The quantitative estimate of drug-likeness (QED) is 0.773. The van der Waals surface area contributed by atoms with Crippen molar-refractivity contribution >= 4 is 16.5 Å². The van der Waals surface area contributed by atoms with Crippen LogP contribution in [0.5, 0.6) is 5.75 Å². The van der Waals surface area contributed by atoms with E-state index in [-0.39, 0.29) is 5.92 Å². The lowest BCUT2D eigenvalue weighted by Gasteiger charge is -2.17. The second-order valence-electron chi connectivity index (χ2n) is 4.92. The molecule has 1 aromatic heterocycles. The molecule has 21 heavy (non-hydrogen) atoms. The number of nitrogens with one attached hydrogen (secondary N) is 1. The lowest BCUT2D eigenvalue weighted by molar-refractivity contribution is -0.368. The molecule has 0 radical (unpaired) electrons. The number of benzene rings is 1. The van der Waals surface area contributed by atoms with E-state index in [0.29, 0.717) is 18.0 Å². The molecule has 0 aliphatic carbocycles. The number of ether oxygens (including phenoxy) is 1. The standard InChI is InChI=1S/C16H20N2O2S/c1-3-4-12(19)9-14(15-10-21-16(17)18-15)11-5-7-13(20-2)8-6-11/h3,5-8,10,12,14,19H,1,4,9H2,2H3,(H2,17,18)/p+1. The molecule has 0 fully saturated rings. The van der Waals surface area contributed by atoms with Crippen LogP contribution in [0.1, 0.15) is 30.0 Å². The van der Waals surface area contributed by atoms with Crippen LogP contribution < -0.4 is 15.5 Å². The van der Waals surface area contributed by atoms with Crippen molar-refractivity contribution < 1.29 is 14.8 Å². The fraction of sp³-hybridized carbons (Fsp3) is 0.312. The smallest absolute Gasteiger partial charge is 0.329 e. The number of methoxy groups -OCH3 is 1. The van der Waals surface area contributed by atoms with Gasteiger partial charge in [-0.3, -0.25) is 5.73 Å². The molecule has 112 valence electrons. The minimum atomic E-state index is -0.427. The van der Waals surface area contributed by atoms with Crippen molar-refractivity contribution in [1.29, 1.82) is 0 Å². The number of thiazole rings is 1. The molecule has 0 aliphatic rings. The maximum Gasteiger partial charge on any atom is 0.329 e. The number of aromatic amines is 1. The van der Waals surface area contributed by atoms with Crippen LogP contribution in [-0.4, -0.2) is 18.3 Å². The zero-order valence-electron chi connectivity index (χ0n) is 12.1. The summed E-state index contributed by atoms with van der Waals surface area (Å²) in [6.07, 6.45) is 2.50. The second-order valence-corrected chi connectivity index (χ2v) is 5.83. The maximum atomic E-state index is 10.1. The Bertz CT molecular complexity index is 580. The molecule has 2 atom stereocenters. The first-order valence-electron chi connectivity index (χ1n) is 6.83. The predicted octanol–water partition coefficient (Wildman–Crippen LogP) is 2.61. The van der Waals surface area contributed by atoms with E-state index in [2.05, 4.69) is 11.6 Å². The van der Waals surface area contributed by atoms with E-state index < -0.39 is 6.10 Å². The van der Waals surface area contributed by atoms with Gasteiger partial charge in [0.2, 0.25) is 0 Å². The zero-order chi connectivity index (χ0) is 15.2. The van der Waals surface area contributed by atoms with Crippen LogP contribution in [0.15, 0.2) is 42.3 Å². The van der Waals surface area contributed by atoms with Crippen LogP contribution in [0.2, 0.25) is 0 Å². The third kappa shape index (κ3) is 4.06. The number of aliphatic hydroxyl groups excluding tert-OH is 1. The molecule has 2 aromatic rings. The van der Waals surface area contributed by atoms with Gasteiger partial charge in [0.05, 0.1) is 13.2 Å². The Morgan fingerprint density at radius 1 is 1.43 bits per heavy atom. The molecule has 1 aromatic carbocycles. The van der Waals surface area contributed by atoms with E-state index in [4.69, 9.17) is 10.5 Å². The molecule has 4 nitrogen and oxygen atoms in total. The number of nitrogens with two attached hydrogens (primary N) is 1. The van der Waals surface area contributed by atoms with Gasteiger partial charge in [-0.25, -0.2) is 4.98 Å². The molecule has 0 amide bonds. The predicted molar refractivity (Wildman–Crippen MR) is 85.6 cm³/mol. The fourth-order valence-electron chi connectivity index (χ4n) is 2.34. The maximum absolute atomic E-state index is 10.1. The van der Waals surface area contributed by atoms with Gasteiger partial charge in [-0.05, 0) is 30.5 Å². The van der Waals surface area contributed by atoms with Gasteiger partial charge in [-0.15, -0.1) is 6.58 Å². The molecule has 2 rings (SSSR count). The van der Waals surface area contributed by atoms with E-state index in [1.165, 1.54) is 11.3 Å². The highest BCUT2D eigenvalue weighted by atomic mass is 32.1. The number of aliphatic hydroxyl groups is 1. The lowest BCUT2D eigenvalue weighted by Crippen LogP contribution is -2.19. The largest absolute Gasteiger partial charge is 0.497 e. The normalized spacial score (nSPS) is 13.6. The summed E-state index contributed by atoms with van der Waals surface area (Å²) in [5.74, 6) is 0.886. The van der Waals surface area contributed by atoms with Crippen LogP contribution in [0.4, 0.5) is 5.13 Å². The molecular weight excluding hydrogens is 284 g/mol. The van der Waals surface area contributed by atoms with Gasteiger partial charge >= 0.3 is 5.13 Å². The number of anilines is 1. The molecule has 0 saturated heterocycles. The van der Waals surface area contributed by atoms with Crippen molar-refractivity contribution in [3.8, 4) is 5.75 Å². The first-order chi connectivity index (χ1) is 10.1. The number of hydrogen-bond donors (Lipinski definition) is 2. The first-order valence-corrected chi connectivity index (χ1v) is 7.71. The number of aromatic nitrogens is 1. The monoisotopic (exact) mass is 305 g/mol. The molecule has 0 aliphatic heterocycles. The van der Waals surface area contributed by atoms with Crippen LogP contribution in [0.25, 0.3) is 0 Å². The van der Waals surface area contributed by atoms with Crippen LogP contribution in [0.3, 0.4) is 0 Å². The van der Waals surface area contributed by atoms with Gasteiger partial charge in [0.25, 0.3) is 0 Å². The average Bonchev–Trinajstić information content (AvgIpc) is 2.91. The van der Waals surface area contributed by atoms with E-state index in [0.717, 1.165) is 17.0 Å². The minimum absolute atomic E-state index is 0.0689. The van der Waals surface area contributed by atoms with E-state index >= 15 is 0 Å². The Hall–Kier alpha value is -1.85. The summed E-state index contributed by atoms with van der Waals surface area (Å²) in [5, 5.41) is 12.8. The van der Waals surface area contributed by atoms with Crippen LogP contribution >= 0.6 is 11.3 Å². The van der Waals surface area contributed by atoms with Crippen molar-refractivity contribution in [2.75, 3.05) is 12.8 Å². The third-order valence-corrected chi connectivity index (χ3v) is 4.15. The topological polar surface area (TPSA) is 69.6 Å². The van der Waals surface area contributed by atoms with Gasteiger partial charge in [0.1, 0.15) is 11.4 Å². The van der Waals surface area contributed by atoms with Crippen molar-refractivity contribution in [2.24, 2.45) is 0 Å². The third-order valence-electron chi connectivity index (χ3n) is 3.42. The number of H-pyrrole nitrogens is 1. The Balaban J connectivity index is 2.27. The molecule has 0 bridgehead atoms. The summed E-state index contributed by atoms with van der Waals surface area (Å²) in [6, 6.07) is 7.90. The van der Waals surface area contributed by atoms with Crippen molar-refractivity contribution in [2.45, 2.75) is 24.9 Å².